The molecule has 0 amide bonds. The third-order valence-electron chi connectivity index (χ3n) is 6.00. The number of pyridine rings is 1. The van der Waals surface area contributed by atoms with Gasteiger partial charge in [0, 0.05) is 35.1 Å². The van der Waals surface area contributed by atoms with Gasteiger partial charge in [-0.2, -0.15) is 0 Å². The van der Waals surface area contributed by atoms with E-state index in [4.69, 9.17) is 9.73 Å². The molecule has 0 aliphatic carbocycles. The number of hydrogen-bond acceptors (Lipinski definition) is 5. The molecule has 154 valence electrons. The quantitative estimate of drug-likeness (QED) is 0.592. The molecule has 1 fully saturated rings. The minimum Gasteiger partial charge on any atom is -0.497 e. The first-order valence-corrected chi connectivity index (χ1v) is 11.2. The predicted molar refractivity (Wildman–Crippen MR) is 123 cm³/mol. The smallest absolute Gasteiger partial charge is 0.160 e. The normalized spacial score (nSPS) is 22.9. The van der Waals surface area contributed by atoms with E-state index in [1.54, 1.807) is 7.11 Å². The first kappa shape index (κ1) is 19.2. The lowest BCUT2D eigenvalue weighted by molar-refractivity contribution is 0.320. The number of rotatable bonds is 4. The van der Waals surface area contributed by atoms with Gasteiger partial charge < -0.3 is 14.2 Å². The predicted octanol–water partition coefficient (Wildman–Crippen LogP) is 5.09. The van der Waals surface area contributed by atoms with Crippen LogP contribution in [-0.2, 0) is 0 Å². The second-order valence-electron chi connectivity index (χ2n) is 8.00. The summed E-state index contributed by atoms with van der Waals surface area (Å²) in [5, 5.41) is 1.71. The Labute approximate surface area is 181 Å². The lowest BCUT2D eigenvalue weighted by Crippen LogP contribution is -2.28. The molecule has 0 bridgehead atoms. The molecule has 0 radical (unpaired) electrons. The van der Waals surface area contributed by atoms with Gasteiger partial charge in [-0.3, -0.25) is 9.98 Å². The Bertz CT molecular complexity index is 1090. The van der Waals surface area contributed by atoms with Crippen LogP contribution >= 0.6 is 11.8 Å². The maximum atomic E-state index is 5.33. The average Bonchev–Trinajstić information content (AvgIpc) is 3.38. The van der Waals surface area contributed by atoms with E-state index in [2.05, 4.69) is 65.6 Å². The van der Waals surface area contributed by atoms with Gasteiger partial charge in [-0.1, -0.05) is 24.8 Å². The number of aryl methyl sites for hydroxylation is 1. The van der Waals surface area contributed by atoms with Crippen molar-refractivity contribution in [2.24, 2.45) is 4.99 Å². The molecular weight excluding hydrogens is 392 g/mol. The standard InChI is InChI=1S/C24H26N4OS/c1-15-13-20(17(3)28(15)18-8-10-19(29-4)11-9-18)23-22(21-7-5-6-12-25-21)26-24-27(23)14-16(2)30-24/h5-13,16,22-23H,14H2,1-4H3/t16-,22+,23+/m0/s1. The molecule has 0 N–H and O–H groups in total. The highest BCUT2D eigenvalue weighted by Gasteiger charge is 2.44. The molecular formula is C24H26N4OS. The van der Waals surface area contributed by atoms with Gasteiger partial charge >= 0.3 is 0 Å². The Kier molecular flexibility index (Phi) is 4.82. The number of amidine groups is 1. The van der Waals surface area contributed by atoms with Crippen molar-refractivity contribution in [1.82, 2.24) is 14.5 Å². The summed E-state index contributed by atoms with van der Waals surface area (Å²) in [5.41, 5.74) is 5.99. The van der Waals surface area contributed by atoms with Crippen LogP contribution in [-0.4, -0.2) is 38.5 Å². The number of aliphatic imine (C=N–C) groups is 1. The summed E-state index contributed by atoms with van der Waals surface area (Å²) in [4.78, 5) is 12.3. The zero-order chi connectivity index (χ0) is 20.8. The summed E-state index contributed by atoms with van der Waals surface area (Å²) in [6, 6.07) is 16.9. The van der Waals surface area contributed by atoms with Gasteiger partial charge in [-0.15, -0.1) is 0 Å². The molecule has 2 aliphatic rings. The largest absolute Gasteiger partial charge is 0.497 e. The number of nitrogens with zero attached hydrogens (tertiary/aromatic N) is 4. The summed E-state index contributed by atoms with van der Waals surface area (Å²) in [6.45, 7) is 7.68. The minimum atomic E-state index is 0.0195. The molecule has 3 aromatic rings. The molecule has 6 heteroatoms. The Morgan fingerprint density at radius 1 is 1.10 bits per heavy atom. The molecule has 2 aliphatic heterocycles. The number of aromatic nitrogens is 2. The van der Waals surface area contributed by atoms with Crippen LogP contribution < -0.4 is 4.74 Å². The monoisotopic (exact) mass is 418 g/mol. The van der Waals surface area contributed by atoms with Crippen LogP contribution in [0.25, 0.3) is 5.69 Å². The first-order chi connectivity index (χ1) is 14.6. The van der Waals surface area contributed by atoms with Crippen molar-refractivity contribution >= 4 is 16.9 Å². The highest BCUT2D eigenvalue weighted by atomic mass is 32.2. The van der Waals surface area contributed by atoms with Crippen LogP contribution in [0.1, 0.15) is 41.7 Å². The molecule has 1 aromatic carbocycles. The van der Waals surface area contributed by atoms with Crippen LogP contribution in [0.2, 0.25) is 0 Å². The second-order valence-corrected chi connectivity index (χ2v) is 9.40. The summed E-state index contributed by atoms with van der Waals surface area (Å²) in [7, 11) is 1.70. The number of hydrogen-bond donors (Lipinski definition) is 0. The summed E-state index contributed by atoms with van der Waals surface area (Å²) < 4.78 is 7.66. The number of ether oxygens (including phenoxy) is 1. The first-order valence-electron chi connectivity index (χ1n) is 10.3. The summed E-state index contributed by atoms with van der Waals surface area (Å²) in [6.07, 6.45) is 1.87. The van der Waals surface area contributed by atoms with E-state index < -0.39 is 0 Å². The molecule has 0 unspecified atom stereocenters. The number of benzene rings is 1. The van der Waals surface area contributed by atoms with E-state index in [1.807, 2.05) is 36.2 Å². The van der Waals surface area contributed by atoms with Crippen LogP contribution in [0.5, 0.6) is 5.75 Å². The molecule has 3 atom stereocenters. The van der Waals surface area contributed by atoms with Crippen molar-refractivity contribution in [3.05, 3.63) is 77.4 Å². The van der Waals surface area contributed by atoms with E-state index in [1.165, 1.54) is 17.0 Å². The summed E-state index contributed by atoms with van der Waals surface area (Å²) in [5.74, 6) is 0.869. The van der Waals surface area contributed by atoms with Gasteiger partial charge in [0.2, 0.25) is 0 Å². The van der Waals surface area contributed by atoms with Crippen LogP contribution in [0.15, 0.2) is 59.7 Å². The van der Waals surface area contributed by atoms with Gasteiger partial charge in [-0.05, 0) is 61.9 Å². The molecule has 0 saturated carbocycles. The Morgan fingerprint density at radius 2 is 1.90 bits per heavy atom. The van der Waals surface area contributed by atoms with E-state index in [9.17, 15) is 0 Å². The van der Waals surface area contributed by atoms with Crippen molar-refractivity contribution in [1.29, 1.82) is 0 Å². The lowest BCUT2D eigenvalue weighted by Gasteiger charge is -2.27. The van der Waals surface area contributed by atoms with Crippen LogP contribution in [0.3, 0.4) is 0 Å². The van der Waals surface area contributed by atoms with Crippen molar-refractivity contribution in [3.63, 3.8) is 0 Å². The second kappa shape index (κ2) is 7.51. The minimum absolute atomic E-state index is 0.0195. The number of methoxy groups -OCH3 is 1. The molecule has 0 spiro atoms. The molecule has 5 nitrogen and oxygen atoms in total. The van der Waals surface area contributed by atoms with Gasteiger partial charge in [0.25, 0.3) is 0 Å². The third kappa shape index (κ3) is 3.10. The van der Waals surface area contributed by atoms with Crippen LogP contribution in [0.4, 0.5) is 0 Å². The maximum absolute atomic E-state index is 5.33. The van der Waals surface area contributed by atoms with E-state index in [0.717, 1.165) is 28.8 Å². The highest BCUT2D eigenvalue weighted by Crippen LogP contribution is 2.48. The van der Waals surface area contributed by atoms with Gasteiger partial charge in [0.15, 0.2) is 5.17 Å². The molecule has 2 aromatic heterocycles. The van der Waals surface area contributed by atoms with Crippen molar-refractivity contribution < 1.29 is 4.74 Å². The lowest BCUT2D eigenvalue weighted by atomic mass is 9.96. The van der Waals surface area contributed by atoms with Gasteiger partial charge in [-0.25, -0.2) is 0 Å². The Balaban J connectivity index is 1.59. The number of fused-ring (bicyclic) bond motifs is 1. The van der Waals surface area contributed by atoms with E-state index in [0.29, 0.717) is 5.25 Å². The van der Waals surface area contributed by atoms with Gasteiger partial charge in [0.1, 0.15) is 11.8 Å². The fraction of sp³-hybridized carbons (Fsp3) is 0.333. The Morgan fingerprint density at radius 3 is 2.60 bits per heavy atom. The van der Waals surface area contributed by atoms with Gasteiger partial charge in [0.05, 0.1) is 18.8 Å². The third-order valence-corrected chi connectivity index (χ3v) is 7.10. The Hall–Kier alpha value is -2.73. The maximum Gasteiger partial charge on any atom is 0.160 e. The number of thioether (sulfide) groups is 1. The molecule has 5 rings (SSSR count). The molecule has 1 saturated heterocycles. The SMILES string of the molecule is COc1ccc(-n2c(C)cc([C@@H]3[C@@H](c4ccccn4)N=C4S[C@@H](C)CN43)c2C)cc1. The van der Waals surface area contributed by atoms with E-state index in [-0.39, 0.29) is 12.1 Å². The topological polar surface area (TPSA) is 42.6 Å². The van der Waals surface area contributed by atoms with Crippen molar-refractivity contribution in [2.45, 2.75) is 38.1 Å². The fourth-order valence-electron chi connectivity index (χ4n) is 4.67. The van der Waals surface area contributed by atoms with E-state index >= 15 is 0 Å². The highest BCUT2D eigenvalue weighted by molar-refractivity contribution is 8.14. The average molecular weight is 419 g/mol. The zero-order valence-electron chi connectivity index (χ0n) is 17.7. The molecule has 30 heavy (non-hydrogen) atoms. The van der Waals surface area contributed by atoms with Crippen LogP contribution in [0, 0.1) is 13.8 Å². The fourth-order valence-corrected chi connectivity index (χ4v) is 5.76. The summed E-state index contributed by atoms with van der Waals surface area (Å²) >= 11 is 1.88. The zero-order valence-corrected chi connectivity index (χ0v) is 18.6. The van der Waals surface area contributed by atoms with Crippen molar-refractivity contribution in [3.8, 4) is 11.4 Å². The molecule has 4 heterocycles. The van der Waals surface area contributed by atoms with Crippen molar-refractivity contribution in [2.75, 3.05) is 13.7 Å².